The van der Waals surface area contributed by atoms with Gasteiger partial charge in [-0.05, 0) is 87.0 Å². The van der Waals surface area contributed by atoms with Crippen LogP contribution in [0.5, 0.6) is 5.75 Å². The summed E-state index contributed by atoms with van der Waals surface area (Å²) >= 11 is 2.79. The molecule has 0 saturated carbocycles. The van der Waals surface area contributed by atoms with Crippen molar-refractivity contribution in [1.82, 2.24) is 10.3 Å². The number of hydrogen-bond acceptors (Lipinski definition) is 7. The highest BCUT2D eigenvalue weighted by molar-refractivity contribution is 8.00. The lowest BCUT2D eigenvalue weighted by Crippen LogP contribution is -2.30. The van der Waals surface area contributed by atoms with Gasteiger partial charge in [0.2, 0.25) is 5.91 Å². The second kappa shape index (κ2) is 14.7. The molecule has 1 heterocycles. The zero-order chi connectivity index (χ0) is 31.8. The summed E-state index contributed by atoms with van der Waals surface area (Å²) in [6, 6.07) is 29.2. The van der Waals surface area contributed by atoms with E-state index in [1.165, 1.54) is 23.1 Å². The standard InChI is InChI=1S/C35H32N4O4S2/c1-4-43-27-16-19-29-31(21-27)45-35(38-29)39-32(40)23(3)44-28-17-14-26(15-18-28)36-34(42)30(20-24-12-10-22(2)11-13-24)37-33(41)25-8-6-5-7-9-25/h5-21,23H,4H2,1-3H3,(H,36,42)(H,37,41)(H,38,39,40)/b30-20-. The van der Waals surface area contributed by atoms with Gasteiger partial charge < -0.3 is 20.7 Å². The Balaban J connectivity index is 1.22. The summed E-state index contributed by atoms with van der Waals surface area (Å²) in [7, 11) is 0. The zero-order valence-corrected chi connectivity index (χ0v) is 26.6. The normalized spacial score (nSPS) is 11.9. The lowest BCUT2D eigenvalue weighted by atomic mass is 10.1. The van der Waals surface area contributed by atoms with Crippen molar-refractivity contribution < 1.29 is 19.1 Å². The van der Waals surface area contributed by atoms with E-state index >= 15 is 0 Å². The summed E-state index contributed by atoms with van der Waals surface area (Å²) in [5.74, 6) is -0.242. The Labute approximate surface area is 269 Å². The number of amides is 3. The Hall–Kier alpha value is -4.93. The number of thioether (sulfide) groups is 1. The molecule has 0 aliphatic rings. The lowest BCUT2D eigenvalue weighted by Gasteiger charge is -2.13. The minimum atomic E-state index is -0.461. The molecule has 4 aromatic carbocycles. The van der Waals surface area contributed by atoms with Crippen molar-refractivity contribution in [3.63, 3.8) is 0 Å². The number of carbonyl (C=O) groups excluding carboxylic acids is 3. The van der Waals surface area contributed by atoms with E-state index in [9.17, 15) is 14.4 Å². The van der Waals surface area contributed by atoms with E-state index in [1.807, 2.05) is 81.4 Å². The van der Waals surface area contributed by atoms with E-state index in [0.717, 1.165) is 32.0 Å². The number of nitrogens with zero attached hydrogens (tertiary/aromatic N) is 1. The number of aryl methyl sites for hydroxylation is 1. The number of nitrogens with one attached hydrogen (secondary N) is 3. The molecule has 0 aliphatic heterocycles. The fourth-order valence-corrected chi connectivity index (χ4v) is 6.03. The van der Waals surface area contributed by atoms with Crippen LogP contribution in [0.1, 0.15) is 35.3 Å². The summed E-state index contributed by atoms with van der Waals surface area (Å²) in [6.45, 7) is 6.32. The van der Waals surface area contributed by atoms with Crippen molar-refractivity contribution in [2.75, 3.05) is 17.2 Å². The molecule has 3 amide bonds. The second-order valence-electron chi connectivity index (χ2n) is 10.1. The van der Waals surface area contributed by atoms with Gasteiger partial charge in [0.05, 0.1) is 22.1 Å². The predicted molar refractivity (Wildman–Crippen MR) is 183 cm³/mol. The molecule has 1 unspecified atom stereocenters. The third kappa shape index (κ3) is 8.59. The van der Waals surface area contributed by atoms with Crippen LogP contribution in [-0.2, 0) is 9.59 Å². The molecule has 10 heteroatoms. The molecule has 45 heavy (non-hydrogen) atoms. The lowest BCUT2D eigenvalue weighted by molar-refractivity contribution is -0.115. The van der Waals surface area contributed by atoms with E-state index in [-0.39, 0.29) is 17.5 Å². The zero-order valence-electron chi connectivity index (χ0n) is 25.0. The van der Waals surface area contributed by atoms with Gasteiger partial charge >= 0.3 is 0 Å². The van der Waals surface area contributed by atoms with Gasteiger partial charge in [-0.15, -0.1) is 11.8 Å². The molecule has 8 nitrogen and oxygen atoms in total. The van der Waals surface area contributed by atoms with Crippen LogP contribution < -0.4 is 20.7 Å². The average Bonchev–Trinajstić information content (AvgIpc) is 3.44. The Morgan fingerprint density at radius 3 is 2.38 bits per heavy atom. The molecule has 5 rings (SSSR count). The first-order chi connectivity index (χ1) is 21.8. The van der Waals surface area contributed by atoms with Gasteiger partial charge in [-0.1, -0.05) is 59.4 Å². The van der Waals surface area contributed by atoms with Gasteiger partial charge in [0.25, 0.3) is 11.8 Å². The number of anilines is 2. The first kappa shape index (κ1) is 31.5. The van der Waals surface area contributed by atoms with Crippen LogP contribution in [0.25, 0.3) is 16.3 Å². The van der Waals surface area contributed by atoms with Crippen LogP contribution in [0, 0.1) is 6.92 Å². The molecule has 228 valence electrons. The van der Waals surface area contributed by atoms with Crippen LogP contribution in [0.15, 0.2) is 108 Å². The Kier molecular flexibility index (Phi) is 10.3. The van der Waals surface area contributed by atoms with Crippen LogP contribution >= 0.6 is 23.1 Å². The number of carbonyl (C=O) groups is 3. The van der Waals surface area contributed by atoms with Crippen LogP contribution in [-0.4, -0.2) is 34.6 Å². The maximum Gasteiger partial charge on any atom is 0.272 e. The highest BCUT2D eigenvalue weighted by Crippen LogP contribution is 2.31. The molecule has 5 aromatic rings. The van der Waals surface area contributed by atoms with E-state index < -0.39 is 11.2 Å². The first-order valence-corrected chi connectivity index (χ1v) is 16.0. The number of rotatable bonds is 11. The third-order valence-electron chi connectivity index (χ3n) is 6.61. The van der Waals surface area contributed by atoms with Gasteiger partial charge in [0, 0.05) is 16.1 Å². The molecular formula is C35H32N4O4S2. The van der Waals surface area contributed by atoms with Crippen molar-refractivity contribution in [3.8, 4) is 5.75 Å². The summed E-state index contributed by atoms with van der Waals surface area (Å²) < 4.78 is 6.49. The summed E-state index contributed by atoms with van der Waals surface area (Å²) in [5.41, 5.74) is 3.77. The maximum absolute atomic E-state index is 13.3. The van der Waals surface area contributed by atoms with Crippen molar-refractivity contribution in [3.05, 3.63) is 119 Å². The van der Waals surface area contributed by atoms with E-state index in [0.29, 0.717) is 23.0 Å². The molecule has 0 fully saturated rings. The topological polar surface area (TPSA) is 109 Å². The van der Waals surface area contributed by atoms with Gasteiger partial charge in [0.15, 0.2) is 5.13 Å². The molecule has 0 radical (unpaired) electrons. The predicted octanol–water partition coefficient (Wildman–Crippen LogP) is 7.53. The van der Waals surface area contributed by atoms with Crippen LogP contribution in [0.4, 0.5) is 10.8 Å². The summed E-state index contributed by atoms with van der Waals surface area (Å²) in [5, 5.41) is 8.67. The Bertz CT molecular complexity index is 1840. The van der Waals surface area contributed by atoms with Crippen LogP contribution in [0.3, 0.4) is 0 Å². The molecule has 1 aromatic heterocycles. The second-order valence-corrected chi connectivity index (χ2v) is 12.5. The number of hydrogen-bond donors (Lipinski definition) is 3. The van der Waals surface area contributed by atoms with Gasteiger partial charge in [-0.25, -0.2) is 4.98 Å². The Morgan fingerprint density at radius 2 is 1.67 bits per heavy atom. The average molecular weight is 637 g/mol. The molecule has 1 atom stereocenters. The summed E-state index contributed by atoms with van der Waals surface area (Å²) in [4.78, 5) is 44.5. The maximum atomic E-state index is 13.3. The monoisotopic (exact) mass is 636 g/mol. The fourth-order valence-electron chi connectivity index (χ4n) is 4.27. The Morgan fingerprint density at radius 1 is 0.933 bits per heavy atom. The number of ether oxygens (including phenoxy) is 1. The van der Waals surface area contributed by atoms with E-state index in [2.05, 4.69) is 20.9 Å². The minimum Gasteiger partial charge on any atom is -0.494 e. The van der Waals surface area contributed by atoms with E-state index in [4.69, 9.17) is 4.74 Å². The smallest absolute Gasteiger partial charge is 0.272 e. The van der Waals surface area contributed by atoms with Crippen molar-refractivity contribution >= 4 is 67.9 Å². The highest BCUT2D eigenvalue weighted by atomic mass is 32.2. The fraction of sp³-hybridized carbons (Fsp3) is 0.143. The minimum absolute atomic E-state index is 0.111. The van der Waals surface area contributed by atoms with Crippen molar-refractivity contribution in [2.24, 2.45) is 0 Å². The first-order valence-electron chi connectivity index (χ1n) is 14.3. The molecule has 0 bridgehead atoms. The van der Waals surface area contributed by atoms with Gasteiger partial charge in [-0.3, -0.25) is 14.4 Å². The largest absolute Gasteiger partial charge is 0.494 e. The quantitative estimate of drug-likeness (QED) is 0.102. The van der Waals surface area contributed by atoms with Gasteiger partial charge in [0.1, 0.15) is 11.4 Å². The molecule has 0 spiro atoms. The molecule has 3 N–H and O–H groups in total. The SMILES string of the molecule is CCOc1ccc2nc(NC(=O)C(C)Sc3ccc(NC(=O)/C(=C/c4ccc(C)cc4)NC(=O)c4ccccc4)cc3)sc2c1. The molecule has 0 saturated heterocycles. The number of benzene rings is 4. The number of fused-ring (bicyclic) bond motifs is 1. The van der Waals surface area contributed by atoms with E-state index in [1.54, 1.807) is 42.5 Å². The number of thiazole rings is 1. The third-order valence-corrected chi connectivity index (χ3v) is 8.66. The molecule has 0 aliphatic carbocycles. The molecular weight excluding hydrogens is 605 g/mol. The highest BCUT2D eigenvalue weighted by Gasteiger charge is 2.18. The van der Waals surface area contributed by atoms with Gasteiger partial charge in [-0.2, -0.15) is 0 Å². The van der Waals surface area contributed by atoms with Crippen molar-refractivity contribution in [2.45, 2.75) is 30.9 Å². The summed E-state index contributed by atoms with van der Waals surface area (Å²) in [6.07, 6.45) is 1.64. The number of aromatic nitrogens is 1. The van der Waals surface area contributed by atoms with Crippen molar-refractivity contribution in [1.29, 1.82) is 0 Å². The van der Waals surface area contributed by atoms with Crippen LogP contribution in [0.2, 0.25) is 0 Å².